The number of aromatic nitrogens is 1. The van der Waals surface area contributed by atoms with Crippen LogP contribution in [-0.2, 0) is 4.74 Å². The Balaban J connectivity index is 2.00. The molecule has 0 aliphatic carbocycles. The van der Waals surface area contributed by atoms with Crippen molar-refractivity contribution in [2.45, 2.75) is 31.9 Å². The maximum Gasteiger partial charge on any atom is 0.260 e. The van der Waals surface area contributed by atoms with Gasteiger partial charge in [-0.05, 0) is 31.2 Å². The number of likely N-dealkylation sites (tertiary alicyclic amines) is 1. The van der Waals surface area contributed by atoms with E-state index in [0.29, 0.717) is 24.4 Å². The smallest absolute Gasteiger partial charge is 0.260 e. The molecule has 0 radical (unpaired) electrons. The van der Waals surface area contributed by atoms with Crippen molar-refractivity contribution in [2.24, 2.45) is 0 Å². The van der Waals surface area contributed by atoms with Crippen LogP contribution in [0.3, 0.4) is 0 Å². The molecule has 0 bridgehead atoms. The molecule has 6 nitrogen and oxygen atoms in total. The molecule has 3 heterocycles. The van der Waals surface area contributed by atoms with Crippen LogP contribution in [0.25, 0.3) is 10.6 Å². The Bertz CT molecular complexity index is 666. The van der Waals surface area contributed by atoms with Gasteiger partial charge in [0.25, 0.3) is 5.91 Å². The minimum absolute atomic E-state index is 0.0560. The average Bonchev–Trinajstić information content (AvgIpc) is 3.26. The lowest BCUT2D eigenvalue weighted by atomic mass is 10.1. The molecule has 23 heavy (non-hydrogen) atoms. The highest BCUT2D eigenvalue weighted by atomic mass is 32.1. The number of aliphatic hydroxyl groups excluding tert-OH is 1. The third-order valence-corrected chi connectivity index (χ3v) is 4.94. The second-order valence-corrected chi connectivity index (χ2v) is 6.62. The van der Waals surface area contributed by atoms with Gasteiger partial charge in [-0.3, -0.25) is 4.79 Å². The van der Waals surface area contributed by atoms with Gasteiger partial charge in [0.05, 0.1) is 17.5 Å². The van der Waals surface area contributed by atoms with Crippen molar-refractivity contribution >= 4 is 17.2 Å². The molecule has 1 N–H and O–H groups in total. The number of hydrogen-bond acceptors (Lipinski definition) is 6. The van der Waals surface area contributed by atoms with Crippen LogP contribution < -0.4 is 0 Å². The number of methoxy groups -OCH3 is 1. The van der Waals surface area contributed by atoms with Gasteiger partial charge in [0, 0.05) is 13.7 Å². The van der Waals surface area contributed by atoms with E-state index in [1.54, 1.807) is 18.9 Å². The highest BCUT2D eigenvalue weighted by molar-refractivity contribution is 7.13. The largest absolute Gasteiger partial charge is 0.385 e. The Morgan fingerprint density at radius 3 is 3.13 bits per heavy atom. The van der Waals surface area contributed by atoms with E-state index in [0.717, 1.165) is 17.7 Å². The fourth-order valence-electron chi connectivity index (χ4n) is 2.99. The Morgan fingerprint density at radius 1 is 1.65 bits per heavy atom. The number of thiophene rings is 1. The van der Waals surface area contributed by atoms with Crippen LogP contribution in [0, 0.1) is 0 Å². The molecule has 124 valence electrons. The van der Waals surface area contributed by atoms with Gasteiger partial charge >= 0.3 is 0 Å². The van der Waals surface area contributed by atoms with Gasteiger partial charge in [0.1, 0.15) is 17.4 Å². The van der Waals surface area contributed by atoms with Crippen LogP contribution in [-0.4, -0.2) is 47.4 Å². The summed E-state index contributed by atoms with van der Waals surface area (Å²) in [6.07, 6.45) is 0.978. The molecule has 1 amide bonds. The van der Waals surface area contributed by atoms with Crippen LogP contribution in [0.2, 0.25) is 0 Å². The molecule has 1 aliphatic heterocycles. The summed E-state index contributed by atoms with van der Waals surface area (Å²) in [5.74, 6) is 0.0755. The van der Waals surface area contributed by atoms with Crippen LogP contribution in [0.4, 0.5) is 0 Å². The first kappa shape index (κ1) is 16.2. The zero-order valence-electron chi connectivity index (χ0n) is 13.2. The summed E-state index contributed by atoms with van der Waals surface area (Å²) in [7, 11) is 1.64. The maximum atomic E-state index is 13.1. The SMILES string of the molecule is COC[C@H]1CCCN1C(=O)c1c(-c2cccs2)noc1[C@H](C)O. The van der Waals surface area contributed by atoms with E-state index in [1.165, 1.54) is 11.3 Å². The number of amides is 1. The van der Waals surface area contributed by atoms with E-state index >= 15 is 0 Å². The normalized spacial score (nSPS) is 19.3. The molecule has 1 saturated heterocycles. The number of nitrogens with zero attached hydrogens (tertiary/aromatic N) is 2. The summed E-state index contributed by atoms with van der Waals surface area (Å²) in [5.41, 5.74) is 0.870. The van der Waals surface area contributed by atoms with Crippen molar-refractivity contribution in [3.8, 4) is 10.6 Å². The van der Waals surface area contributed by atoms with Gasteiger partial charge in [-0.2, -0.15) is 0 Å². The second-order valence-electron chi connectivity index (χ2n) is 5.67. The zero-order valence-corrected chi connectivity index (χ0v) is 14.0. The molecule has 0 unspecified atom stereocenters. The summed E-state index contributed by atoms with van der Waals surface area (Å²) in [4.78, 5) is 15.8. The quantitative estimate of drug-likeness (QED) is 0.908. The van der Waals surface area contributed by atoms with Gasteiger partial charge < -0.3 is 19.3 Å². The summed E-state index contributed by atoms with van der Waals surface area (Å²) in [5, 5.41) is 15.9. The van der Waals surface area contributed by atoms with Crippen molar-refractivity contribution in [1.29, 1.82) is 0 Å². The molecule has 0 saturated carbocycles. The molecular formula is C16H20N2O4S. The lowest BCUT2D eigenvalue weighted by molar-refractivity contribution is 0.0621. The summed E-state index contributed by atoms with van der Waals surface area (Å²) >= 11 is 1.49. The number of rotatable bonds is 5. The molecule has 7 heteroatoms. The fraction of sp³-hybridized carbons (Fsp3) is 0.500. The van der Waals surface area contributed by atoms with Crippen LogP contribution in [0.5, 0.6) is 0 Å². The predicted molar refractivity (Wildman–Crippen MR) is 86.4 cm³/mol. The Kier molecular flexibility index (Phi) is 4.79. The lowest BCUT2D eigenvalue weighted by Crippen LogP contribution is -2.38. The predicted octanol–water partition coefficient (Wildman–Crippen LogP) is 2.71. The van der Waals surface area contributed by atoms with Crippen molar-refractivity contribution in [3.05, 3.63) is 28.8 Å². The van der Waals surface area contributed by atoms with E-state index in [1.807, 2.05) is 17.5 Å². The first-order valence-corrected chi connectivity index (χ1v) is 8.52. The molecule has 2 atom stereocenters. The molecule has 2 aromatic heterocycles. The first-order chi connectivity index (χ1) is 11.1. The van der Waals surface area contributed by atoms with Gasteiger partial charge in [-0.15, -0.1) is 11.3 Å². The number of hydrogen-bond donors (Lipinski definition) is 1. The van der Waals surface area contributed by atoms with Gasteiger partial charge in [0.2, 0.25) is 0 Å². The molecule has 0 spiro atoms. The van der Waals surface area contributed by atoms with Crippen molar-refractivity contribution in [3.63, 3.8) is 0 Å². The summed E-state index contributed by atoms with van der Waals surface area (Å²) < 4.78 is 10.5. The number of carbonyl (C=O) groups excluding carboxylic acids is 1. The average molecular weight is 336 g/mol. The maximum absolute atomic E-state index is 13.1. The molecule has 1 fully saturated rings. The highest BCUT2D eigenvalue weighted by Gasteiger charge is 2.35. The van der Waals surface area contributed by atoms with Crippen molar-refractivity contribution < 1.29 is 19.2 Å². The van der Waals surface area contributed by atoms with E-state index in [-0.39, 0.29) is 17.7 Å². The fourth-order valence-corrected chi connectivity index (χ4v) is 3.70. The monoisotopic (exact) mass is 336 g/mol. The third-order valence-electron chi connectivity index (χ3n) is 4.06. The van der Waals surface area contributed by atoms with Crippen LogP contribution in [0.1, 0.15) is 42.0 Å². The van der Waals surface area contributed by atoms with Crippen molar-refractivity contribution in [2.75, 3.05) is 20.3 Å². The summed E-state index contributed by atoms with van der Waals surface area (Å²) in [6, 6.07) is 3.84. The van der Waals surface area contributed by atoms with E-state index in [4.69, 9.17) is 9.26 Å². The molecular weight excluding hydrogens is 316 g/mol. The number of carbonyl (C=O) groups is 1. The van der Waals surface area contributed by atoms with Gasteiger partial charge in [0.15, 0.2) is 5.76 Å². The third kappa shape index (κ3) is 3.04. The van der Waals surface area contributed by atoms with Crippen LogP contribution >= 0.6 is 11.3 Å². The van der Waals surface area contributed by atoms with E-state index in [9.17, 15) is 9.90 Å². The number of ether oxygens (including phenoxy) is 1. The van der Waals surface area contributed by atoms with Crippen LogP contribution in [0.15, 0.2) is 22.0 Å². The van der Waals surface area contributed by atoms with Crippen molar-refractivity contribution in [1.82, 2.24) is 10.1 Å². The standard InChI is InChI=1S/C16H20N2O4S/c1-10(19)15-13(14(17-22-15)12-6-4-8-23-12)16(20)18-7-3-5-11(18)9-21-2/h4,6,8,10-11,19H,3,5,7,9H2,1-2H3/t10-,11+/m0/s1. The molecule has 3 rings (SSSR count). The Morgan fingerprint density at radius 2 is 2.48 bits per heavy atom. The highest BCUT2D eigenvalue weighted by Crippen LogP contribution is 2.34. The Labute approximate surface area is 138 Å². The minimum atomic E-state index is -0.890. The second kappa shape index (κ2) is 6.82. The van der Waals surface area contributed by atoms with E-state index in [2.05, 4.69) is 5.16 Å². The molecule has 2 aromatic rings. The topological polar surface area (TPSA) is 75.8 Å². The van der Waals surface area contributed by atoms with E-state index < -0.39 is 6.10 Å². The molecule has 1 aliphatic rings. The number of aliphatic hydroxyl groups is 1. The Hall–Kier alpha value is -1.70. The zero-order chi connectivity index (χ0) is 16.4. The molecule has 0 aromatic carbocycles. The van der Waals surface area contributed by atoms with Gasteiger partial charge in [-0.1, -0.05) is 11.2 Å². The summed E-state index contributed by atoms with van der Waals surface area (Å²) in [6.45, 7) is 2.77. The lowest BCUT2D eigenvalue weighted by Gasteiger charge is -2.24. The minimum Gasteiger partial charge on any atom is -0.385 e. The first-order valence-electron chi connectivity index (χ1n) is 7.65. The van der Waals surface area contributed by atoms with Gasteiger partial charge in [-0.25, -0.2) is 0 Å².